The molecule has 1 aliphatic heterocycles. The Hall–Kier alpha value is -0.350. The highest BCUT2D eigenvalue weighted by atomic mass is 79.9. The van der Waals surface area contributed by atoms with Crippen LogP contribution in [-0.4, -0.2) is 21.7 Å². The van der Waals surface area contributed by atoms with Crippen molar-refractivity contribution >= 4 is 15.9 Å². The first kappa shape index (κ1) is 7.31. The third-order valence-corrected chi connectivity index (χ3v) is 2.71. The van der Waals surface area contributed by atoms with Gasteiger partial charge in [-0.3, -0.25) is 9.58 Å². The molecule has 2 rings (SSSR count). The summed E-state index contributed by atoms with van der Waals surface area (Å²) < 4.78 is 2.95. The molecule has 0 bridgehead atoms. The van der Waals surface area contributed by atoms with E-state index >= 15 is 0 Å². The minimum atomic E-state index is 0.999. The monoisotopic (exact) mass is 215 g/mol. The lowest BCUT2D eigenvalue weighted by molar-refractivity contribution is 0.343. The molecule has 2 heterocycles. The predicted octanol–water partition coefficient (Wildman–Crippen LogP) is 1.13. The molecule has 0 radical (unpaired) electrons. The van der Waals surface area contributed by atoms with Gasteiger partial charge in [0.1, 0.15) is 4.60 Å². The summed E-state index contributed by atoms with van der Waals surface area (Å²) in [7, 11) is 4.11. The zero-order chi connectivity index (χ0) is 8.01. The van der Waals surface area contributed by atoms with Crippen LogP contribution in [0.2, 0.25) is 0 Å². The summed E-state index contributed by atoms with van der Waals surface area (Å²) in [6.45, 7) is 2.04. The first-order valence-electron chi connectivity index (χ1n) is 3.57. The van der Waals surface area contributed by atoms with Crippen LogP contribution in [0.15, 0.2) is 4.60 Å². The van der Waals surface area contributed by atoms with Gasteiger partial charge in [-0.2, -0.15) is 5.10 Å². The van der Waals surface area contributed by atoms with Gasteiger partial charge in [0.25, 0.3) is 0 Å². The SMILES string of the molecule is CN1Cc2c(Br)nn(C)c2C1. The second-order valence-electron chi connectivity index (χ2n) is 3.01. The molecule has 0 aliphatic carbocycles. The van der Waals surface area contributed by atoms with Crippen LogP contribution in [-0.2, 0) is 20.1 Å². The standard InChI is InChI=1S/C7H10BrN3/c1-10-3-5-6(4-10)11(2)9-7(5)8/h3-4H2,1-2H3. The van der Waals surface area contributed by atoms with Gasteiger partial charge in [0, 0.05) is 25.7 Å². The first-order chi connectivity index (χ1) is 5.18. The Balaban J connectivity index is 2.51. The van der Waals surface area contributed by atoms with E-state index in [1.807, 2.05) is 11.7 Å². The highest BCUT2D eigenvalue weighted by Gasteiger charge is 2.22. The lowest BCUT2D eigenvalue weighted by Gasteiger charge is -2.05. The molecule has 11 heavy (non-hydrogen) atoms. The fourth-order valence-electron chi connectivity index (χ4n) is 1.50. The quantitative estimate of drug-likeness (QED) is 0.648. The van der Waals surface area contributed by atoms with E-state index in [0.29, 0.717) is 0 Å². The third-order valence-electron chi connectivity index (χ3n) is 2.07. The molecule has 1 aromatic heterocycles. The minimum Gasteiger partial charge on any atom is -0.296 e. The van der Waals surface area contributed by atoms with Crippen molar-refractivity contribution in [2.45, 2.75) is 13.1 Å². The molecular formula is C7H10BrN3. The summed E-state index contributed by atoms with van der Waals surface area (Å²) in [6.07, 6.45) is 0. The highest BCUT2D eigenvalue weighted by Crippen LogP contribution is 2.27. The van der Waals surface area contributed by atoms with E-state index in [9.17, 15) is 0 Å². The number of halogens is 1. The van der Waals surface area contributed by atoms with Crippen molar-refractivity contribution in [2.75, 3.05) is 7.05 Å². The molecule has 3 nitrogen and oxygen atoms in total. The first-order valence-corrected chi connectivity index (χ1v) is 4.36. The van der Waals surface area contributed by atoms with Gasteiger partial charge < -0.3 is 0 Å². The molecule has 0 saturated carbocycles. The van der Waals surface area contributed by atoms with Gasteiger partial charge in [0.15, 0.2) is 0 Å². The van der Waals surface area contributed by atoms with E-state index in [4.69, 9.17) is 0 Å². The number of aryl methyl sites for hydroxylation is 1. The molecule has 1 aliphatic rings. The maximum absolute atomic E-state index is 4.27. The number of hydrogen-bond acceptors (Lipinski definition) is 2. The molecule has 1 aromatic rings. The van der Waals surface area contributed by atoms with Crippen LogP contribution in [0.5, 0.6) is 0 Å². The summed E-state index contributed by atoms with van der Waals surface area (Å²) in [6, 6.07) is 0. The van der Waals surface area contributed by atoms with Crippen molar-refractivity contribution in [1.82, 2.24) is 14.7 Å². The van der Waals surface area contributed by atoms with Crippen molar-refractivity contribution < 1.29 is 0 Å². The van der Waals surface area contributed by atoms with E-state index in [0.717, 1.165) is 17.7 Å². The zero-order valence-electron chi connectivity index (χ0n) is 6.63. The molecule has 0 fully saturated rings. The Bertz CT molecular complexity index is 266. The van der Waals surface area contributed by atoms with E-state index < -0.39 is 0 Å². The lowest BCUT2D eigenvalue weighted by Crippen LogP contribution is -2.10. The van der Waals surface area contributed by atoms with Crippen LogP contribution in [0.4, 0.5) is 0 Å². The Labute approximate surface area is 74.1 Å². The van der Waals surface area contributed by atoms with Gasteiger partial charge >= 0.3 is 0 Å². The van der Waals surface area contributed by atoms with Gasteiger partial charge in [0.2, 0.25) is 0 Å². The molecule has 0 spiro atoms. The van der Waals surface area contributed by atoms with Crippen LogP contribution in [0.1, 0.15) is 11.3 Å². The Morgan fingerprint density at radius 1 is 1.36 bits per heavy atom. The number of fused-ring (bicyclic) bond motifs is 1. The largest absolute Gasteiger partial charge is 0.296 e. The zero-order valence-corrected chi connectivity index (χ0v) is 8.22. The molecule has 0 saturated heterocycles. The normalized spacial score (nSPS) is 17.4. The fraction of sp³-hybridized carbons (Fsp3) is 0.571. The van der Waals surface area contributed by atoms with Crippen molar-refractivity contribution in [3.8, 4) is 0 Å². The Morgan fingerprint density at radius 3 is 2.73 bits per heavy atom. The minimum absolute atomic E-state index is 0.999. The van der Waals surface area contributed by atoms with Crippen molar-refractivity contribution in [2.24, 2.45) is 7.05 Å². The van der Waals surface area contributed by atoms with E-state index in [2.05, 4.69) is 33.0 Å². The van der Waals surface area contributed by atoms with Crippen LogP contribution in [0.25, 0.3) is 0 Å². The smallest absolute Gasteiger partial charge is 0.132 e. The van der Waals surface area contributed by atoms with Crippen molar-refractivity contribution in [1.29, 1.82) is 0 Å². The maximum Gasteiger partial charge on any atom is 0.132 e. The van der Waals surface area contributed by atoms with Crippen LogP contribution in [0, 0.1) is 0 Å². The van der Waals surface area contributed by atoms with Gasteiger partial charge in [-0.25, -0.2) is 0 Å². The maximum atomic E-state index is 4.27. The summed E-state index contributed by atoms with van der Waals surface area (Å²) in [5.41, 5.74) is 2.68. The second-order valence-corrected chi connectivity index (χ2v) is 3.76. The summed E-state index contributed by atoms with van der Waals surface area (Å²) in [4.78, 5) is 2.27. The van der Waals surface area contributed by atoms with Crippen LogP contribution < -0.4 is 0 Å². The average molecular weight is 216 g/mol. The molecule has 0 N–H and O–H groups in total. The molecule has 0 aromatic carbocycles. The molecule has 0 atom stereocenters. The molecule has 0 amide bonds. The number of aromatic nitrogens is 2. The van der Waals surface area contributed by atoms with E-state index in [1.165, 1.54) is 11.3 Å². The number of rotatable bonds is 0. The highest BCUT2D eigenvalue weighted by molar-refractivity contribution is 9.10. The van der Waals surface area contributed by atoms with Crippen molar-refractivity contribution in [3.63, 3.8) is 0 Å². The Kier molecular flexibility index (Phi) is 1.54. The summed E-state index contributed by atoms with van der Waals surface area (Å²) >= 11 is 3.44. The van der Waals surface area contributed by atoms with Gasteiger partial charge in [-0.1, -0.05) is 0 Å². The Morgan fingerprint density at radius 2 is 2.09 bits per heavy atom. The van der Waals surface area contributed by atoms with Gasteiger partial charge in [0.05, 0.1) is 5.69 Å². The van der Waals surface area contributed by atoms with Crippen molar-refractivity contribution in [3.05, 3.63) is 15.9 Å². The lowest BCUT2D eigenvalue weighted by atomic mass is 10.3. The summed E-state index contributed by atoms with van der Waals surface area (Å²) in [5.74, 6) is 0. The molecule has 4 heteroatoms. The van der Waals surface area contributed by atoms with Gasteiger partial charge in [-0.05, 0) is 23.0 Å². The second kappa shape index (κ2) is 2.32. The fourth-order valence-corrected chi connectivity index (χ4v) is 2.09. The summed E-state index contributed by atoms with van der Waals surface area (Å²) in [5, 5.41) is 4.27. The third kappa shape index (κ3) is 1.01. The van der Waals surface area contributed by atoms with E-state index in [1.54, 1.807) is 0 Å². The van der Waals surface area contributed by atoms with E-state index in [-0.39, 0.29) is 0 Å². The number of hydrogen-bond donors (Lipinski definition) is 0. The molecular weight excluding hydrogens is 206 g/mol. The molecule has 0 unspecified atom stereocenters. The van der Waals surface area contributed by atoms with Crippen LogP contribution in [0.3, 0.4) is 0 Å². The van der Waals surface area contributed by atoms with Gasteiger partial charge in [-0.15, -0.1) is 0 Å². The topological polar surface area (TPSA) is 21.1 Å². The predicted molar refractivity (Wildman–Crippen MR) is 46.1 cm³/mol. The van der Waals surface area contributed by atoms with Crippen LogP contribution >= 0.6 is 15.9 Å². The number of nitrogens with zero attached hydrogens (tertiary/aromatic N) is 3. The average Bonchev–Trinajstić information content (AvgIpc) is 2.38. The molecule has 60 valence electrons.